The highest BCUT2D eigenvalue weighted by Gasteiger charge is 2.13. The van der Waals surface area contributed by atoms with E-state index in [4.69, 9.17) is 4.74 Å². The Morgan fingerprint density at radius 3 is 2.79 bits per heavy atom. The van der Waals surface area contributed by atoms with Crippen LogP contribution in [0.15, 0.2) is 36.7 Å². The smallest absolute Gasteiger partial charge is 0.435 e. The lowest BCUT2D eigenvalue weighted by atomic mass is 10.2. The number of nitrogens with zero attached hydrogens (tertiary/aromatic N) is 3. The first kappa shape index (κ1) is 13.4. The first-order valence-corrected chi connectivity index (χ1v) is 6.72. The number of ether oxygens (including phenoxy) is 1. The minimum atomic E-state index is -0.478. The van der Waals surface area contributed by atoms with E-state index in [0.717, 1.165) is 17.1 Å². The van der Waals surface area contributed by atoms with Crippen molar-refractivity contribution in [3.8, 4) is 5.75 Å². The van der Waals surface area contributed by atoms with E-state index >= 15 is 0 Å². The zero-order valence-corrected chi connectivity index (χ0v) is 11.2. The third kappa shape index (κ3) is 3.47. The van der Waals surface area contributed by atoms with Crippen molar-refractivity contribution in [3.05, 3.63) is 52.3 Å². The molecule has 0 saturated carbocycles. The van der Waals surface area contributed by atoms with E-state index in [1.54, 1.807) is 25.1 Å². The Morgan fingerprint density at radius 1 is 1.42 bits per heavy atom. The Labute approximate surface area is 114 Å². The summed E-state index contributed by atoms with van der Waals surface area (Å²) in [5.74, 6) is 1.98. The monoisotopic (exact) mass is 279 g/mol. The zero-order valence-electron chi connectivity index (χ0n) is 10.4. The van der Waals surface area contributed by atoms with E-state index in [9.17, 15) is 10.1 Å². The molecule has 0 aliphatic heterocycles. The van der Waals surface area contributed by atoms with E-state index in [1.165, 1.54) is 10.8 Å². The van der Waals surface area contributed by atoms with Gasteiger partial charge in [0.05, 0.1) is 7.11 Å². The molecule has 2 rings (SSSR count). The van der Waals surface area contributed by atoms with E-state index in [1.807, 2.05) is 24.3 Å². The summed E-state index contributed by atoms with van der Waals surface area (Å²) in [6.45, 7) is 0. The second-order valence-electron chi connectivity index (χ2n) is 3.78. The quantitative estimate of drug-likeness (QED) is 0.600. The van der Waals surface area contributed by atoms with Gasteiger partial charge in [0.2, 0.25) is 0 Å². The summed E-state index contributed by atoms with van der Waals surface area (Å²) in [5.41, 5.74) is 1.15. The maximum absolute atomic E-state index is 10.7. The van der Waals surface area contributed by atoms with Crippen molar-refractivity contribution in [1.82, 2.24) is 9.55 Å². The molecule has 1 aromatic carbocycles. The molecule has 2 aromatic rings. The van der Waals surface area contributed by atoms with Crippen molar-refractivity contribution >= 4 is 17.7 Å². The number of hydrogen-bond acceptors (Lipinski definition) is 5. The van der Waals surface area contributed by atoms with Gasteiger partial charge in [0.1, 0.15) is 24.0 Å². The zero-order chi connectivity index (χ0) is 13.7. The average molecular weight is 279 g/mol. The third-order valence-corrected chi connectivity index (χ3v) is 3.51. The van der Waals surface area contributed by atoms with E-state index in [0.29, 0.717) is 5.88 Å². The molecular weight excluding hydrogens is 266 g/mol. The van der Waals surface area contributed by atoms with Crippen LogP contribution in [0.5, 0.6) is 5.75 Å². The summed E-state index contributed by atoms with van der Waals surface area (Å²) in [6.07, 6.45) is 3.05. The summed E-state index contributed by atoms with van der Waals surface area (Å²) in [7, 11) is 1.63. The Bertz CT molecular complexity index is 554. The molecule has 0 unspecified atom stereocenters. The van der Waals surface area contributed by atoms with Crippen LogP contribution in [0, 0.1) is 10.1 Å². The van der Waals surface area contributed by atoms with Crippen molar-refractivity contribution < 1.29 is 9.66 Å². The van der Waals surface area contributed by atoms with Crippen molar-refractivity contribution in [2.24, 2.45) is 0 Å². The third-order valence-electron chi connectivity index (χ3n) is 2.51. The standard InChI is InChI=1S/C12H13N3O3S/c1-18-11-4-2-10(3-5-11)8-19-9-14-7-6-13-12(14)15(16)17/h2-7H,8-9H2,1H3. The molecule has 19 heavy (non-hydrogen) atoms. The number of thioether (sulfide) groups is 1. The molecule has 0 atom stereocenters. The predicted molar refractivity (Wildman–Crippen MR) is 73.2 cm³/mol. The van der Waals surface area contributed by atoms with Crippen LogP contribution in [0.4, 0.5) is 5.95 Å². The van der Waals surface area contributed by atoms with Gasteiger partial charge in [-0.25, -0.2) is 4.57 Å². The van der Waals surface area contributed by atoms with Gasteiger partial charge in [-0.3, -0.25) is 0 Å². The number of aromatic nitrogens is 2. The van der Waals surface area contributed by atoms with Crippen LogP contribution in [0.25, 0.3) is 0 Å². The predicted octanol–water partition coefficient (Wildman–Crippen LogP) is 2.69. The van der Waals surface area contributed by atoms with Crippen LogP contribution in [0.1, 0.15) is 5.56 Å². The summed E-state index contributed by atoms with van der Waals surface area (Å²) in [6, 6.07) is 7.76. The number of rotatable bonds is 6. The van der Waals surface area contributed by atoms with Gasteiger partial charge in [-0.05, 0) is 22.6 Å². The second-order valence-corrected chi connectivity index (χ2v) is 4.73. The van der Waals surface area contributed by atoms with E-state index in [-0.39, 0.29) is 5.95 Å². The molecule has 100 valence electrons. The average Bonchev–Trinajstić information content (AvgIpc) is 2.88. The van der Waals surface area contributed by atoms with Gasteiger partial charge in [0, 0.05) is 5.75 Å². The van der Waals surface area contributed by atoms with Crippen LogP contribution < -0.4 is 4.74 Å². The normalized spacial score (nSPS) is 10.4. The highest BCUT2D eigenvalue weighted by Crippen LogP contribution is 2.19. The maximum atomic E-state index is 10.7. The minimum Gasteiger partial charge on any atom is -0.497 e. The molecule has 0 aliphatic rings. The van der Waals surface area contributed by atoms with Crippen LogP contribution in [-0.2, 0) is 11.6 Å². The van der Waals surface area contributed by atoms with Crippen molar-refractivity contribution in [1.29, 1.82) is 0 Å². The van der Waals surface area contributed by atoms with E-state index < -0.39 is 4.92 Å². The van der Waals surface area contributed by atoms with Crippen LogP contribution in [-0.4, -0.2) is 21.6 Å². The molecule has 7 heteroatoms. The number of imidazole rings is 1. The molecule has 1 aromatic heterocycles. The molecule has 0 fully saturated rings. The van der Waals surface area contributed by atoms with Gasteiger partial charge in [-0.1, -0.05) is 17.1 Å². The molecule has 0 saturated heterocycles. The number of benzene rings is 1. The fraction of sp³-hybridized carbons (Fsp3) is 0.250. The first-order chi connectivity index (χ1) is 9.20. The topological polar surface area (TPSA) is 70.2 Å². The molecule has 0 aliphatic carbocycles. The fourth-order valence-electron chi connectivity index (χ4n) is 1.56. The van der Waals surface area contributed by atoms with Crippen LogP contribution in [0.2, 0.25) is 0 Å². The maximum Gasteiger partial charge on any atom is 0.435 e. The highest BCUT2D eigenvalue weighted by atomic mass is 32.2. The van der Waals surface area contributed by atoms with Crippen molar-refractivity contribution in [3.63, 3.8) is 0 Å². The molecule has 0 bridgehead atoms. The van der Waals surface area contributed by atoms with Gasteiger partial charge in [-0.15, -0.1) is 11.8 Å². The molecule has 0 spiro atoms. The van der Waals surface area contributed by atoms with Gasteiger partial charge in [0.25, 0.3) is 0 Å². The Kier molecular flexibility index (Phi) is 4.40. The molecule has 6 nitrogen and oxygen atoms in total. The largest absolute Gasteiger partial charge is 0.497 e. The molecule has 1 heterocycles. The highest BCUT2D eigenvalue weighted by molar-refractivity contribution is 7.97. The number of hydrogen-bond donors (Lipinski definition) is 0. The van der Waals surface area contributed by atoms with E-state index in [2.05, 4.69) is 4.98 Å². The Morgan fingerprint density at radius 2 is 2.16 bits per heavy atom. The first-order valence-electron chi connectivity index (χ1n) is 5.57. The lowest BCUT2D eigenvalue weighted by Crippen LogP contribution is -2.01. The molecule has 0 N–H and O–H groups in total. The minimum absolute atomic E-state index is 0.123. The lowest BCUT2D eigenvalue weighted by molar-refractivity contribution is -0.396. The summed E-state index contributed by atoms with van der Waals surface area (Å²) >= 11 is 1.59. The molecular formula is C12H13N3O3S. The summed E-state index contributed by atoms with van der Waals surface area (Å²) in [5, 5.41) is 10.7. The van der Waals surface area contributed by atoms with Gasteiger partial charge >= 0.3 is 5.95 Å². The van der Waals surface area contributed by atoms with Gasteiger partial charge in [-0.2, -0.15) is 0 Å². The summed E-state index contributed by atoms with van der Waals surface area (Å²) < 4.78 is 6.60. The van der Waals surface area contributed by atoms with Crippen molar-refractivity contribution in [2.75, 3.05) is 7.11 Å². The SMILES string of the molecule is COc1ccc(CSCn2ccnc2[N+](=O)[O-])cc1. The van der Waals surface area contributed by atoms with Gasteiger partial charge in [0.15, 0.2) is 0 Å². The number of nitro groups is 1. The summed E-state index contributed by atoms with van der Waals surface area (Å²) in [4.78, 5) is 13.9. The number of methoxy groups -OCH3 is 1. The van der Waals surface area contributed by atoms with Gasteiger partial charge < -0.3 is 14.9 Å². The Hall–Kier alpha value is -2.02. The van der Waals surface area contributed by atoms with Crippen LogP contribution >= 0.6 is 11.8 Å². The Balaban J connectivity index is 1.89. The lowest BCUT2D eigenvalue weighted by Gasteiger charge is -2.04. The fourth-order valence-corrected chi connectivity index (χ4v) is 2.48. The molecule has 0 amide bonds. The molecule has 0 radical (unpaired) electrons. The van der Waals surface area contributed by atoms with Crippen molar-refractivity contribution in [2.45, 2.75) is 11.6 Å². The van der Waals surface area contributed by atoms with Crippen LogP contribution in [0.3, 0.4) is 0 Å². The second kappa shape index (κ2) is 6.24.